The number of hydrogen-bond donors (Lipinski definition) is 1. The van der Waals surface area contributed by atoms with Crippen LogP contribution >= 0.6 is 11.6 Å². The van der Waals surface area contributed by atoms with Crippen LogP contribution in [0.3, 0.4) is 0 Å². The SMILES string of the molecule is CNCc1cnc(N(C)Cc2cccc(F)c2)c(Cl)c1. The second kappa shape index (κ2) is 6.68. The van der Waals surface area contributed by atoms with Gasteiger partial charge in [0.25, 0.3) is 0 Å². The van der Waals surface area contributed by atoms with Crippen LogP contribution in [-0.4, -0.2) is 19.1 Å². The van der Waals surface area contributed by atoms with Gasteiger partial charge in [0, 0.05) is 26.3 Å². The quantitative estimate of drug-likeness (QED) is 0.917. The van der Waals surface area contributed by atoms with Crippen LogP contribution in [0.25, 0.3) is 0 Å². The van der Waals surface area contributed by atoms with Crippen LogP contribution in [0.2, 0.25) is 5.02 Å². The molecule has 0 aliphatic heterocycles. The van der Waals surface area contributed by atoms with E-state index in [1.54, 1.807) is 12.3 Å². The fourth-order valence-electron chi connectivity index (χ4n) is 2.04. The highest BCUT2D eigenvalue weighted by Gasteiger charge is 2.09. The largest absolute Gasteiger partial charge is 0.354 e. The Morgan fingerprint density at radius 3 is 2.75 bits per heavy atom. The molecule has 1 aromatic heterocycles. The standard InChI is InChI=1S/C15H17ClFN3/c1-18-8-12-7-14(16)15(19-9-12)20(2)10-11-4-3-5-13(17)6-11/h3-7,9,18H,8,10H2,1-2H3. The third-order valence-corrected chi connectivity index (χ3v) is 3.21. The number of benzene rings is 1. The average molecular weight is 294 g/mol. The smallest absolute Gasteiger partial charge is 0.147 e. The molecule has 0 unspecified atom stereocenters. The van der Waals surface area contributed by atoms with Crippen molar-refractivity contribution in [3.8, 4) is 0 Å². The van der Waals surface area contributed by atoms with E-state index in [-0.39, 0.29) is 5.82 Å². The summed E-state index contributed by atoms with van der Waals surface area (Å²) in [6, 6.07) is 8.41. The van der Waals surface area contributed by atoms with E-state index < -0.39 is 0 Å². The van der Waals surface area contributed by atoms with Gasteiger partial charge in [0.2, 0.25) is 0 Å². The molecule has 2 rings (SSSR count). The number of anilines is 1. The van der Waals surface area contributed by atoms with Gasteiger partial charge >= 0.3 is 0 Å². The van der Waals surface area contributed by atoms with Crippen LogP contribution in [0.15, 0.2) is 36.5 Å². The normalized spacial score (nSPS) is 10.6. The number of nitrogens with zero attached hydrogens (tertiary/aromatic N) is 2. The molecule has 0 spiro atoms. The maximum atomic E-state index is 13.2. The number of aromatic nitrogens is 1. The van der Waals surface area contributed by atoms with Gasteiger partial charge in [-0.15, -0.1) is 0 Å². The summed E-state index contributed by atoms with van der Waals surface area (Å²) >= 11 is 6.25. The number of nitrogens with one attached hydrogen (secondary N) is 1. The Morgan fingerprint density at radius 1 is 1.30 bits per heavy atom. The minimum Gasteiger partial charge on any atom is -0.354 e. The van der Waals surface area contributed by atoms with Gasteiger partial charge in [-0.3, -0.25) is 0 Å². The first kappa shape index (κ1) is 14.8. The predicted molar refractivity (Wildman–Crippen MR) is 80.5 cm³/mol. The van der Waals surface area contributed by atoms with Crippen molar-refractivity contribution in [3.63, 3.8) is 0 Å². The molecule has 0 amide bonds. The van der Waals surface area contributed by atoms with Crippen molar-refractivity contribution in [3.05, 3.63) is 58.5 Å². The first-order valence-electron chi connectivity index (χ1n) is 6.34. The lowest BCUT2D eigenvalue weighted by Gasteiger charge is -2.20. The molecule has 1 N–H and O–H groups in total. The average Bonchev–Trinajstić information content (AvgIpc) is 2.39. The lowest BCUT2D eigenvalue weighted by atomic mass is 10.2. The second-order valence-corrected chi connectivity index (χ2v) is 5.07. The number of rotatable bonds is 5. The van der Waals surface area contributed by atoms with Crippen LogP contribution in [0, 0.1) is 5.82 Å². The zero-order chi connectivity index (χ0) is 14.5. The summed E-state index contributed by atoms with van der Waals surface area (Å²) in [7, 11) is 3.76. The highest BCUT2D eigenvalue weighted by atomic mass is 35.5. The van der Waals surface area contributed by atoms with E-state index in [0.717, 1.165) is 17.7 Å². The van der Waals surface area contributed by atoms with Gasteiger partial charge in [0.1, 0.15) is 11.6 Å². The summed E-state index contributed by atoms with van der Waals surface area (Å²) in [4.78, 5) is 6.28. The maximum absolute atomic E-state index is 13.2. The van der Waals surface area contributed by atoms with Gasteiger partial charge in [0.15, 0.2) is 0 Å². The molecular formula is C15H17ClFN3. The number of pyridine rings is 1. The Labute approximate surface area is 123 Å². The van der Waals surface area contributed by atoms with Gasteiger partial charge in [-0.25, -0.2) is 9.37 Å². The van der Waals surface area contributed by atoms with Crippen LogP contribution in [0.4, 0.5) is 10.2 Å². The third-order valence-electron chi connectivity index (χ3n) is 2.93. The maximum Gasteiger partial charge on any atom is 0.147 e. The molecule has 1 aromatic carbocycles. The van der Waals surface area contributed by atoms with Gasteiger partial charge in [-0.1, -0.05) is 23.7 Å². The number of hydrogen-bond acceptors (Lipinski definition) is 3. The topological polar surface area (TPSA) is 28.2 Å². The first-order chi connectivity index (χ1) is 9.60. The molecule has 0 atom stereocenters. The van der Waals surface area contributed by atoms with E-state index >= 15 is 0 Å². The van der Waals surface area contributed by atoms with Crippen molar-refractivity contribution < 1.29 is 4.39 Å². The summed E-state index contributed by atoms with van der Waals surface area (Å²) in [5, 5.41) is 3.65. The summed E-state index contributed by atoms with van der Waals surface area (Å²) < 4.78 is 13.2. The molecule has 0 bridgehead atoms. The Bertz CT molecular complexity index is 589. The Hall–Kier alpha value is -1.65. The Kier molecular flexibility index (Phi) is 4.93. The van der Waals surface area contributed by atoms with E-state index in [4.69, 9.17) is 11.6 Å². The lowest BCUT2D eigenvalue weighted by molar-refractivity contribution is 0.625. The molecule has 3 nitrogen and oxygen atoms in total. The van der Waals surface area contributed by atoms with E-state index in [9.17, 15) is 4.39 Å². The molecular weight excluding hydrogens is 277 g/mol. The van der Waals surface area contributed by atoms with Gasteiger partial charge in [-0.2, -0.15) is 0 Å². The van der Waals surface area contributed by atoms with Crippen LogP contribution in [0.5, 0.6) is 0 Å². The summed E-state index contributed by atoms with van der Waals surface area (Å²) in [6.07, 6.45) is 1.79. The molecule has 20 heavy (non-hydrogen) atoms. The van der Waals surface area contributed by atoms with Gasteiger partial charge in [0.05, 0.1) is 5.02 Å². The molecule has 0 saturated heterocycles. The van der Waals surface area contributed by atoms with E-state index in [2.05, 4.69) is 10.3 Å². The van der Waals surface area contributed by atoms with Crippen molar-refractivity contribution in [2.75, 3.05) is 19.0 Å². The highest BCUT2D eigenvalue weighted by molar-refractivity contribution is 6.33. The fraction of sp³-hybridized carbons (Fsp3) is 0.267. The van der Waals surface area contributed by atoms with Crippen LogP contribution < -0.4 is 10.2 Å². The second-order valence-electron chi connectivity index (χ2n) is 4.67. The van der Waals surface area contributed by atoms with E-state index in [1.165, 1.54) is 12.1 Å². The minimum absolute atomic E-state index is 0.237. The lowest BCUT2D eigenvalue weighted by Crippen LogP contribution is -2.18. The summed E-state index contributed by atoms with van der Waals surface area (Å²) in [5.74, 6) is 0.454. The summed E-state index contributed by atoms with van der Waals surface area (Å²) in [6.45, 7) is 1.27. The predicted octanol–water partition coefficient (Wildman–Crippen LogP) is 3.23. The van der Waals surface area contributed by atoms with E-state index in [1.807, 2.05) is 31.1 Å². The first-order valence-corrected chi connectivity index (χ1v) is 6.72. The number of halogens is 2. The molecule has 0 aliphatic rings. The summed E-state index contributed by atoms with van der Waals surface area (Å²) in [5.41, 5.74) is 1.91. The molecule has 1 heterocycles. The molecule has 106 valence electrons. The molecule has 0 fully saturated rings. The highest BCUT2D eigenvalue weighted by Crippen LogP contribution is 2.24. The van der Waals surface area contributed by atoms with E-state index in [0.29, 0.717) is 17.4 Å². The molecule has 0 radical (unpaired) electrons. The monoisotopic (exact) mass is 293 g/mol. The van der Waals surface area contributed by atoms with Crippen molar-refractivity contribution in [1.29, 1.82) is 0 Å². The van der Waals surface area contributed by atoms with Gasteiger partial charge in [-0.05, 0) is 36.4 Å². The van der Waals surface area contributed by atoms with Crippen LogP contribution in [-0.2, 0) is 13.1 Å². The third kappa shape index (κ3) is 3.68. The molecule has 0 saturated carbocycles. The molecule has 2 aromatic rings. The Balaban J connectivity index is 2.14. The zero-order valence-electron chi connectivity index (χ0n) is 11.5. The molecule has 5 heteroatoms. The van der Waals surface area contributed by atoms with Gasteiger partial charge < -0.3 is 10.2 Å². The molecule has 0 aliphatic carbocycles. The van der Waals surface area contributed by atoms with Crippen molar-refractivity contribution in [2.24, 2.45) is 0 Å². The van der Waals surface area contributed by atoms with Crippen molar-refractivity contribution in [2.45, 2.75) is 13.1 Å². The van der Waals surface area contributed by atoms with Crippen molar-refractivity contribution >= 4 is 17.4 Å². The van der Waals surface area contributed by atoms with Crippen LogP contribution in [0.1, 0.15) is 11.1 Å². The fourth-order valence-corrected chi connectivity index (χ4v) is 2.37. The minimum atomic E-state index is -0.237. The van der Waals surface area contributed by atoms with Crippen molar-refractivity contribution in [1.82, 2.24) is 10.3 Å². The Morgan fingerprint density at radius 2 is 2.10 bits per heavy atom. The zero-order valence-corrected chi connectivity index (χ0v) is 12.3.